The predicted octanol–water partition coefficient (Wildman–Crippen LogP) is 2.46. The summed E-state index contributed by atoms with van der Waals surface area (Å²) >= 11 is 0. The quantitative estimate of drug-likeness (QED) is 0.579. The van der Waals surface area contributed by atoms with Crippen LogP contribution in [0.25, 0.3) is 0 Å². The molecule has 0 bridgehead atoms. The molecule has 3 nitrogen and oxygen atoms in total. The van der Waals surface area contributed by atoms with Gasteiger partial charge in [0.15, 0.2) is 11.5 Å². The number of benzene rings is 1. The molecule has 1 aromatic carbocycles. The molecule has 1 rings (SSSR count). The Morgan fingerprint density at radius 3 is 2.71 bits per heavy atom. The molecule has 0 aliphatic heterocycles. The summed E-state index contributed by atoms with van der Waals surface area (Å²) in [7, 11) is 1.62. The van der Waals surface area contributed by atoms with Gasteiger partial charge in [-0.05, 0) is 18.6 Å². The molecular formula is C11H17NO2. The first-order chi connectivity index (χ1) is 6.77. The summed E-state index contributed by atoms with van der Waals surface area (Å²) in [5, 5.41) is 0. The maximum absolute atomic E-state index is 5.65. The molecule has 0 saturated carbocycles. The summed E-state index contributed by atoms with van der Waals surface area (Å²) in [5.74, 6) is 1.45. The number of anilines is 1. The lowest BCUT2D eigenvalue weighted by Crippen LogP contribution is -1.99. The van der Waals surface area contributed by atoms with E-state index in [9.17, 15) is 0 Å². The zero-order valence-electron chi connectivity index (χ0n) is 8.75. The third-order valence-electron chi connectivity index (χ3n) is 1.94. The largest absolute Gasteiger partial charge is 0.493 e. The van der Waals surface area contributed by atoms with Crippen LogP contribution in [-0.4, -0.2) is 13.7 Å². The summed E-state index contributed by atoms with van der Waals surface area (Å²) in [6.07, 6.45) is 2.16. The van der Waals surface area contributed by atoms with Crippen LogP contribution in [0.15, 0.2) is 18.2 Å². The van der Waals surface area contributed by atoms with Crippen LogP contribution in [-0.2, 0) is 0 Å². The van der Waals surface area contributed by atoms with Crippen molar-refractivity contribution in [3.63, 3.8) is 0 Å². The fourth-order valence-electron chi connectivity index (χ4n) is 1.13. The summed E-state index contributed by atoms with van der Waals surface area (Å²) in [6.45, 7) is 2.83. The van der Waals surface area contributed by atoms with Crippen LogP contribution in [0, 0.1) is 0 Å². The average Bonchev–Trinajstić information content (AvgIpc) is 2.19. The Balaban J connectivity index is 2.67. The molecule has 2 N–H and O–H groups in total. The van der Waals surface area contributed by atoms with Crippen molar-refractivity contribution in [2.45, 2.75) is 19.8 Å². The minimum Gasteiger partial charge on any atom is -0.493 e. The van der Waals surface area contributed by atoms with Crippen LogP contribution in [0.3, 0.4) is 0 Å². The highest BCUT2D eigenvalue weighted by atomic mass is 16.5. The highest BCUT2D eigenvalue weighted by Gasteiger charge is 2.03. The minimum atomic E-state index is 0.692. The lowest BCUT2D eigenvalue weighted by atomic mass is 10.3. The third kappa shape index (κ3) is 2.83. The molecule has 0 amide bonds. The average molecular weight is 195 g/mol. The standard InChI is InChI=1S/C11H17NO2/c1-3-4-7-14-11-8-9(12)5-6-10(11)13-2/h5-6,8H,3-4,7,12H2,1-2H3. The van der Waals surface area contributed by atoms with Gasteiger partial charge in [0.2, 0.25) is 0 Å². The van der Waals surface area contributed by atoms with Gasteiger partial charge in [-0.2, -0.15) is 0 Å². The molecular weight excluding hydrogens is 178 g/mol. The van der Waals surface area contributed by atoms with Crippen LogP contribution in [0.5, 0.6) is 11.5 Å². The number of rotatable bonds is 5. The van der Waals surface area contributed by atoms with Gasteiger partial charge in [0.1, 0.15) is 0 Å². The summed E-state index contributed by atoms with van der Waals surface area (Å²) in [5.41, 5.74) is 6.34. The molecule has 0 spiro atoms. The van der Waals surface area contributed by atoms with E-state index in [1.807, 2.05) is 6.07 Å². The molecule has 0 saturated heterocycles. The normalized spacial score (nSPS) is 9.86. The van der Waals surface area contributed by atoms with Gasteiger partial charge in [-0.25, -0.2) is 0 Å². The van der Waals surface area contributed by atoms with Crippen LogP contribution in [0.1, 0.15) is 19.8 Å². The van der Waals surface area contributed by atoms with Crippen molar-refractivity contribution < 1.29 is 9.47 Å². The number of ether oxygens (including phenoxy) is 2. The van der Waals surface area contributed by atoms with Crippen molar-refractivity contribution in [1.29, 1.82) is 0 Å². The molecule has 0 aliphatic rings. The second-order valence-electron chi connectivity index (χ2n) is 3.11. The topological polar surface area (TPSA) is 44.5 Å². The first-order valence-electron chi connectivity index (χ1n) is 4.84. The Morgan fingerprint density at radius 1 is 1.29 bits per heavy atom. The third-order valence-corrected chi connectivity index (χ3v) is 1.94. The Labute approximate surface area is 84.8 Å². The second kappa shape index (κ2) is 5.37. The van der Waals surface area contributed by atoms with E-state index < -0.39 is 0 Å². The van der Waals surface area contributed by atoms with Gasteiger partial charge in [0.25, 0.3) is 0 Å². The maximum Gasteiger partial charge on any atom is 0.163 e. The number of unbranched alkanes of at least 4 members (excludes halogenated alkanes) is 1. The molecule has 3 heteroatoms. The molecule has 0 aromatic heterocycles. The van der Waals surface area contributed by atoms with Crippen LogP contribution in [0.2, 0.25) is 0 Å². The monoisotopic (exact) mass is 195 g/mol. The molecule has 0 fully saturated rings. The van der Waals surface area contributed by atoms with E-state index in [1.165, 1.54) is 0 Å². The smallest absolute Gasteiger partial charge is 0.163 e. The zero-order chi connectivity index (χ0) is 10.4. The molecule has 0 radical (unpaired) electrons. The summed E-state index contributed by atoms with van der Waals surface area (Å²) < 4.78 is 10.7. The molecule has 0 aliphatic carbocycles. The van der Waals surface area contributed by atoms with Gasteiger partial charge in [0.05, 0.1) is 13.7 Å². The van der Waals surface area contributed by atoms with E-state index in [0.29, 0.717) is 12.3 Å². The van der Waals surface area contributed by atoms with Gasteiger partial charge >= 0.3 is 0 Å². The molecule has 0 heterocycles. The summed E-state index contributed by atoms with van der Waals surface area (Å²) in [6, 6.07) is 5.40. The lowest BCUT2D eigenvalue weighted by molar-refractivity contribution is 0.288. The van der Waals surface area contributed by atoms with Crippen molar-refractivity contribution in [1.82, 2.24) is 0 Å². The Morgan fingerprint density at radius 2 is 2.07 bits per heavy atom. The molecule has 0 unspecified atom stereocenters. The number of nitrogens with two attached hydrogens (primary N) is 1. The molecule has 14 heavy (non-hydrogen) atoms. The Bertz CT molecular complexity index is 287. The minimum absolute atomic E-state index is 0.692. The van der Waals surface area contributed by atoms with Crippen molar-refractivity contribution in [3.05, 3.63) is 18.2 Å². The van der Waals surface area contributed by atoms with Crippen molar-refractivity contribution in [2.75, 3.05) is 19.5 Å². The van der Waals surface area contributed by atoms with Crippen LogP contribution in [0.4, 0.5) is 5.69 Å². The van der Waals surface area contributed by atoms with Gasteiger partial charge < -0.3 is 15.2 Å². The molecule has 1 aromatic rings. The summed E-state index contributed by atoms with van der Waals surface area (Å²) in [4.78, 5) is 0. The fourth-order valence-corrected chi connectivity index (χ4v) is 1.13. The van der Waals surface area contributed by atoms with Crippen molar-refractivity contribution in [3.8, 4) is 11.5 Å². The van der Waals surface area contributed by atoms with E-state index >= 15 is 0 Å². The van der Waals surface area contributed by atoms with E-state index in [1.54, 1.807) is 19.2 Å². The van der Waals surface area contributed by atoms with Crippen molar-refractivity contribution in [2.24, 2.45) is 0 Å². The van der Waals surface area contributed by atoms with Crippen molar-refractivity contribution >= 4 is 5.69 Å². The van der Waals surface area contributed by atoms with E-state index in [2.05, 4.69) is 6.92 Å². The zero-order valence-corrected chi connectivity index (χ0v) is 8.75. The number of hydrogen-bond donors (Lipinski definition) is 1. The first-order valence-corrected chi connectivity index (χ1v) is 4.84. The van der Waals surface area contributed by atoms with E-state index in [4.69, 9.17) is 15.2 Å². The Kier molecular flexibility index (Phi) is 4.11. The number of methoxy groups -OCH3 is 1. The molecule has 0 atom stereocenters. The Hall–Kier alpha value is -1.38. The van der Waals surface area contributed by atoms with E-state index in [0.717, 1.165) is 24.3 Å². The number of nitrogen functional groups attached to an aromatic ring is 1. The highest BCUT2D eigenvalue weighted by molar-refractivity contribution is 5.51. The van der Waals surface area contributed by atoms with Gasteiger partial charge in [-0.15, -0.1) is 0 Å². The van der Waals surface area contributed by atoms with Gasteiger partial charge in [-0.1, -0.05) is 13.3 Å². The highest BCUT2D eigenvalue weighted by Crippen LogP contribution is 2.28. The lowest BCUT2D eigenvalue weighted by Gasteiger charge is -2.10. The van der Waals surface area contributed by atoms with Gasteiger partial charge in [0, 0.05) is 11.8 Å². The van der Waals surface area contributed by atoms with Gasteiger partial charge in [-0.3, -0.25) is 0 Å². The predicted molar refractivity (Wildman–Crippen MR) is 57.8 cm³/mol. The number of hydrogen-bond acceptors (Lipinski definition) is 3. The first kappa shape index (κ1) is 10.7. The second-order valence-corrected chi connectivity index (χ2v) is 3.11. The molecule has 78 valence electrons. The van der Waals surface area contributed by atoms with Crippen LogP contribution < -0.4 is 15.2 Å². The fraction of sp³-hybridized carbons (Fsp3) is 0.455. The SMILES string of the molecule is CCCCOc1cc(N)ccc1OC. The maximum atomic E-state index is 5.65. The van der Waals surface area contributed by atoms with E-state index in [-0.39, 0.29) is 0 Å². The van der Waals surface area contributed by atoms with Crippen LogP contribution >= 0.6 is 0 Å².